The maximum absolute atomic E-state index is 13.3. The summed E-state index contributed by atoms with van der Waals surface area (Å²) in [6.07, 6.45) is 5.08. The van der Waals surface area contributed by atoms with Gasteiger partial charge in [-0.25, -0.2) is 8.42 Å². The average molecular weight is 443 g/mol. The molecule has 1 saturated heterocycles. The quantitative estimate of drug-likeness (QED) is 0.692. The average Bonchev–Trinajstić information content (AvgIpc) is 2.68. The molecule has 2 fully saturated rings. The van der Waals surface area contributed by atoms with Crippen molar-refractivity contribution in [2.45, 2.75) is 76.0 Å². The summed E-state index contributed by atoms with van der Waals surface area (Å²) in [4.78, 5) is 15.1. The van der Waals surface area contributed by atoms with E-state index in [-0.39, 0.29) is 47.2 Å². The Morgan fingerprint density at radius 1 is 1.17 bits per heavy atom. The van der Waals surface area contributed by atoms with Crippen molar-refractivity contribution in [2.75, 3.05) is 19.6 Å². The molecule has 162 valence electrons. The lowest BCUT2D eigenvalue weighted by molar-refractivity contribution is -0.0440. The van der Waals surface area contributed by atoms with Gasteiger partial charge in [0.25, 0.3) is 5.91 Å². The predicted molar refractivity (Wildman–Crippen MR) is 114 cm³/mol. The Morgan fingerprint density at radius 3 is 2.38 bits per heavy atom. The maximum Gasteiger partial charge on any atom is 0.254 e. The molecule has 8 heteroatoms. The standard InChI is InChI=1S/C21H31ClN2O4S/c1-4-24(18-8-6-5-7-9-18)21(25)17-10-11-19(22)20(12-17)29(26,27)23-13-15(2)28-16(3)14-23/h10-12,15-16,18H,4-9,13-14H2,1-3H3. The Balaban J connectivity index is 1.90. The van der Waals surface area contributed by atoms with Crippen LogP contribution >= 0.6 is 11.6 Å². The van der Waals surface area contributed by atoms with Gasteiger partial charge < -0.3 is 9.64 Å². The fraction of sp³-hybridized carbons (Fsp3) is 0.667. The zero-order valence-electron chi connectivity index (χ0n) is 17.4. The van der Waals surface area contributed by atoms with E-state index < -0.39 is 10.0 Å². The zero-order chi connectivity index (χ0) is 21.2. The Morgan fingerprint density at radius 2 is 1.79 bits per heavy atom. The van der Waals surface area contributed by atoms with Crippen LogP contribution in [0, 0.1) is 0 Å². The molecule has 1 heterocycles. The van der Waals surface area contributed by atoms with Crippen LogP contribution in [0.1, 0.15) is 63.2 Å². The molecule has 1 aromatic rings. The van der Waals surface area contributed by atoms with E-state index in [2.05, 4.69) is 0 Å². The number of amides is 1. The highest BCUT2D eigenvalue weighted by Gasteiger charge is 2.34. The van der Waals surface area contributed by atoms with Gasteiger partial charge in [-0.2, -0.15) is 4.31 Å². The van der Waals surface area contributed by atoms with Crippen molar-refractivity contribution >= 4 is 27.5 Å². The third-order valence-electron chi connectivity index (χ3n) is 5.80. The summed E-state index contributed by atoms with van der Waals surface area (Å²) in [7, 11) is -3.82. The Hall–Kier alpha value is -1.15. The summed E-state index contributed by atoms with van der Waals surface area (Å²) in [5.74, 6) is -0.128. The van der Waals surface area contributed by atoms with Gasteiger partial charge >= 0.3 is 0 Å². The van der Waals surface area contributed by atoms with E-state index in [1.165, 1.54) is 22.9 Å². The molecule has 6 nitrogen and oxygen atoms in total. The Labute approximate surface area is 179 Å². The van der Waals surface area contributed by atoms with Gasteiger partial charge in [-0.05, 0) is 51.8 Å². The SMILES string of the molecule is CCN(C(=O)c1ccc(Cl)c(S(=O)(=O)N2CC(C)OC(C)C2)c1)C1CCCCC1. The van der Waals surface area contributed by atoms with Gasteiger partial charge in [0, 0.05) is 31.2 Å². The molecule has 0 bridgehead atoms. The van der Waals surface area contributed by atoms with Crippen molar-refractivity contribution in [1.82, 2.24) is 9.21 Å². The predicted octanol–water partition coefficient (Wildman–Crippen LogP) is 3.93. The number of sulfonamides is 1. The molecule has 2 atom stereocenters. The van der Waals surface area contributed by atoms with Gasteiger partial charge in [0.1, 0.15) is 4.90 Å². The van der Waals surface area contributed by atoms with Crippen LogP contribution in [0.4, 0.5) is 0 Å². The molecular formula is C21H31ClN2O4S. The Bertz CT molecular complexity index is 829. The lowest BCUT2D eigenvalue weighted by Gasteiger charge is -2.35. The van der Waals surface area contributed by atoms with Crippen LogP contribution in [0.2, 0.25) is 5.02 Å². The fourth-order valence-electron chi connectivity index (χ4n) is 4.43. The van der Waals surface area contributed by atoms with E-state index in [1.807, 2.05) is 25.7 Å². The number of carbonyl (C=O) groups is 1. The first-order valence-corrected chi connectivity index (χ1v) is 12.3. The summed E-state index contributed by atoms with van der Waals surface area (Å²) >= 11 is 6.28. The highest BCUT2D eigenvalue weighted by Crippen LogP contribution is 2.30. The second-order valence-corrected chi connectivity index (χ2v) is 10.4. The normalized spacial score (nSPS) is 24.4. The minimum atomic E-state index is -3.82. The van der Waals surface area contributed by atoms with Crippen LogP contribution in [-0.2, 0) is 14.8 Å². The third kappa shape index (κ3) is 4.95. The maximum atomic E-state index is 13.3. The fourth-order valence-corrected chi connectivity index (χ4v) is 6.52. The molecule has 1 saturated carbocycles. The van der Waals surface area contributed by atoms with Crippen molar-refractivity contribution in [3.8, 4) is 0 Å². The summed E-state index contributed by atoms with van der Waals surface area (Å²) in [5.41, 5.74) is 0.370. The number of morpholine rings is 1. The first-order valence-electron chi connectivity index (χ1n) is 10.5. The van der Waals surface area contributed by atoms with Gasteiger partial charge in [-0.1, -0.05) is 30.9 Å². The lowest BCUT2D eigenvalue weighted by Crippen LogP contribution is -2.48. The second-order valence-electron chi connectivity index (χ2n) is 8.11. The number of ether oxygens (including phenoxy) is 1. The number of rotatable bonds is 5. The largest absolute Gasteiger partial charge is 0.373 e. The van der Waals surface area contributed by atoms with E-state index in [9.17, 15) is 13.2 Å². The molecule has 3 rings (SSSR count). The summed E-state index contributed by atoms with van der Waals surface area (Å²) in [6.45, 7) is 6.81. The monoisotopic (exact) mass is 442 g/mol. The van der Waals surface area contributed by atoms with Gasteiger partial charge in [0.15, 0.2) is 0 Å². The van der Waals surface area contributed by atoms with Crippen molar-refractivity contribution in [3.05, 3.63) is 28.8 Å². The van der Waals surface area contributed by atoms with E-state index in [0.29, 0.717) is 12.1 Å². The topological polar surface area (TPSA) is 66.9 Å². The van der Waals surface area contributed by atoms with Crippen LogP contribution < -0.4 is 0 Å². The van der Waals surface area contributed by atoms with Gasteiger partial charge in [-0.3, -0.25) is 4.79 Å². The Kier molecular flexibility index (Phi) is 7.25. The first-order chi connectivity index (χ1) is 13.7. The van der Waals surface area contributed by atoms with Crippen LogP contribution in [-0.4, -0.2) is 61.4 Å². The molecule has 1 amide bonds. The van der Waals surface area contributed by atoms with Gasteiger partial charge in [0.05, 0.1) is 17.2 Å². The minimum Gasteiger partial charge on any atom is -0.373 e. The number of hydrogen-bond donors (Lipinski definition) is 0. The molecule has 2 aliphatic rings. The summed E-state index contributed by atoms with van der Waals surface area (Å²) in [5, 5.41) is 0.133. The molecule has 1 aliphatic heterocycles. The van der Waals surface area contributed by atoms with Crippen LogP contribution in [0.15, 0.2) is 23.1 Å². The first kappa shape index (κ1) is 22.5. The molecule has 0 radical (unpaired) electrons. The third-order valence-corrected chi connectivity index (χ3v) is 8.11. The molecule has 1 aliphatic carbocycles. The highest BCUT2D eigenvalue weighted by molar-refractivity contribution is 7.89. The van der Waals surface area contributed by atoms with Crippen LogP contribution in [0.3, 0.4) is 0 Å². The molecule has 0 aromatic heterocycles. The van der Waals surface area contributed by atoms with Gasteiger partial charge in [-0.15, -0.1) is 0 Å². The number of hydrogen-bond acceptors (Lipinski definition) is 4. The molecule has 1 aromatic carbocycles. The van der Waals surface area contributed by atoms with Crippen LogP contribution in [0.5, 0.6) is 0 Å². The lowest BCUT2D eigenvalue weighted by atomic mass is 9.93. The van der Waals surface area contributed by atoms with E-state index in [0.717, 1.165) is 25.7 Å². The molecule has 29 heavy (non-hydrogen) atoms. The van der Waals surface area contributed by atoms with Crippen molar-refractivity contribution in [3.63, 3.8) is 0 Å². The summed E-state index contributed by atoms with van der Waals surface area (Å²) < 4.78 is 33.6. The number of nitrogens with zero attached hydrogens (tertiary/aromatic N) is 2. The molecule has 2 unspecified atom stereocenters. The molecular weight excluding hydrogens is 412 g/mol. The number of carbonyl (C=O) groups excluding carboxylic acids is 1. The van der Waals surface area contributed by atoms with Gasteiger partial charge in [0.2, 0.25) is 10.0 Å². The van der Waals surface area contributed by atoms with E-state index in [4.69, 9.17) is 16.3 Å². The van der Waals surface area contributed by atoms with E-state index >= 15 is 0 Å². The number of halogens is 1. The van der Waals surface area contributed by atoms with Crippen LogP contribution in [0.25, 0.3) is 0 Å². The molecule has 0 spiro atoms. The van der Waals surface area contributed by atoms with Crippen molar-refractivity contribution in [2.24, 2.45) is 0 Å². The summed E-state index contributed by atoms with van der Waals surface area (Å²) in [6, 6.07) is 4.80. The molecule has 0 N–H and O–H groups in total. The highest BCUT2D eigenvalue weighted by atomic mass is 35.5. The minimum absolute atomic E-state index is 0.00832. The van der Waals surface area contributed by atoms with E-state index in [1.54, 1.807) is 6.07 Å². The van der Waals surface area contributed by atoms with Crippen molar-refractivity contribution < 1.29 is 17.9 Å². The smallest absolute Gasteiger partial charge is 0.254 e. The number of benzene rings is 1. The van der Waals surface area contributed by atoms with Crippen molar-refractivity contribution in [1.29, 1.82) is 0 Å². The zero-order valence-corrected chi connectivity index (χ0v) is 19.0. The second kappa shape index (κ2) is 9.33.